The number of nitrogens with one attached hydrogen (secondary N) is 1. The number of rotatable bonds is 3. The number of amides is 2. The first-order valence-corrected chi connectivity index (χ1v) is 10.6. The highest BCUT2D eigenvalue weighted by atomic mass is 35.5. The van der Waals surface area contributed by atoms with Gasteiger partial charge in [0.15, 0.2) is 0 Å². The van der Waals surface area contributed by atoms with Crippen LogP contribution in [0, 0.1) is 5.41 Å². The summed E-state index contributed by atoms with van der Waals surface area (Å²) in [6.45, 7) is 2.39. The molecule has 1 saturated heterocycles. The van der Waals surface area contributed by atoms with E-state index in [9.17, 15) is 9.59 Å². The Labute approximate surface area is 165 Å². The van der Waals surface area contributed by atoms with E-state index in [0.29, 0.717) is 17.7 Å². The molecule has 0 bridgehead atoms. The normalized spacial score (nSPS) is 24.8. The lowest BCUT2D eigenvalue weighted by Crippen LogP contribution is -2.60. The lowest BCUT2D eigenvalue weighted by Gasteiger charge is -2.53. The Morgan fingerprint density at radius 1 is 1.33 bits per heavy atom. The number of carbonyl (C=O) groups is 2. The third-order valence-electron chi connectivity index (χ3n) is 6.63. The van der Waals surface area contributed by atoms with Gasteiger partial charge in [0, 0.05) is 18.0 Å². The van der Waals surface area contributed by atoms with Gasteiger partial charge < -0.3 is 19.5 Å². The van der Waals surface area contributed by atoms with E-state index in [1.54, 1.807) is 4.90 Å². The average molecular weight is 406 g/mol. The molecular weight excluding hydrogens is 386 g/mol. The maximum Gasteiger partial charge on any atom is 0.271 e. The van der Waals surface area contributed by atoms with Crippen molar-refractivity contribution in [3.8, 4) is 0 Å². The first-order chi connectivity index (χ1) is 13.0. The topological polar surface area (TPSA) is 63.6 Å². The average Bonchev–Trinajstić information content (AvgIpc) is 3.07. The number of hydrogen-bond acceptors (Lipinski definition) is 4. The van der Waals surface area contributed by atoms with Crippen LogP contribution in [0.25, 0.3) is 10.2 Å². The van der Waals surface area contributed by atoms with Crippen molar-refractivity contribution in [2.24, 2.45) is 5.41 Å². The van der Waals surface area contributed by atoms with E-state index in [1.165, 1.54) is 11.3 Å². The number of nitrogens with zero attached hydrogens (tertiary/aromatic N) is 2. The van der Waals surface area contributed by atoms with Crippen LogP contribution < -0.4 is 5.32 Å². The molecule has 2 saturated carbocycles. The summed E-state index contributed by atoms with van der Waals surface area (Å²) in [4.78, 5) is 27.3. The molecule has 0 aromatic carbocycles. The van der Waals surface area contributed by atoms with E-state index >= 15 is 0 Å². The Morgan fingerprint density at radius 3 is 2.78 bits per heavy atom. The first-order valence-electron chi connectivity index (χ1n) is 9.45. The number of fused-ring (bicyclic) bond motifs is 4. The number of carbonyl (C=O) groups excluding carboxylic acids is 2. The zero-order chi connectivity index (χ0) is 18.4. The molecule has 2 aliphatic heterocycles. The zero-order valence-corrected chi connectivity index (χ0v) is 16.4. The molecule has 0 atom stereocenters. The first kappa shape index (κ1) is 16.4. The molecule has 3 fully saturated rings. The van der Waals surface area contributed by atoms with Crippen molar-refractivity contribution >= 4 is 45.0 Å². The van der Waals surface area contributed by atoms with Crippen molar-refractivity contribution in [3.05, 3.63) is 22.2 Å². The molecule has 2 aliphatic carbocycles. The Kier molecular flexibility index (Phi) is 3.20. The Morgan fingerprint density at radius 2 is 2.11 bits per heavy atom. The second-order valence-corrected chi connectivity index (χ2v) is 10.4. The minimum atomic E-state index is -0.0561. The van der Waals surface area contributed by atoms with Crippen LogP contribution >= 0.6 is 22.9 Å². The Hall–Kier alpha value is -1.57. The van der Waals surface area contributed by atoms with Crippen molar-refractivity contribution in [2.75, 3.05) is 26.3 Å². The minimum Gasteiger partial charge on any atom is -0.380 e. The van der Waals surface area contributed by atoms with Crippen LogP contribution in [-0.4, -0.2) is 53.6 Å². The predicted molar refractivity (Wildman–Crippen MR) is 102 cm³/mol. The number of aromatic nitrogens is 1. The van der Waals surface area contributed by atoms with Gasteiger partial charge in [0.05, 0.1) is 39.9 Å². The summed E-state index contributed by atoms with van der Waals surface area (Å²) >= 11 is 7.67. The molecule has 0 radical (unpaired) electrons. The van der Waals surface area contributed by atoms with Gasteiger partial charge in [0.2, 0.25) is 5.91 Å². The van der Waals surface area contributed by atoms with Gasteiger partial charge in [-0.3, -0.25) is 9.59 Å². The molecule has 4 heterocycles. The highest BCUT2D eigenvalue weighted by Gasteiger charge is 2.53. The van der Waals surface area contributed by atoms with E-state index in [1.807, 2.05) is 12.1 Å². The summed E-state index contributed by atoms with van der Waals surface area (Å²) < 4.78 is 9.25. The second kappa shape index (κ2) is 5.27. The number of hydrogen-bond donors (Lipinski definition) is 1. The monoisotopic (exact) mass is 405 g/mol. The maximum absolute atomic E-state index is 13.0. The minimum absolute atomic E-state index is 0.0518. The predicted octanol–water partition coefficient (Wildman–Crippen LogP) is 2.60. The summed E-state index contributed by atoms with van der Waals surface area (Å²) in [6.07, 6.45) is 4.06. The molecule has 2 amide bonds. The van der Waals surface area contributed by atoms with Crippen LogP contribution in [-0.2, 0) is 15.1 Å². The number of ether oxygens (including phenoxy) is 1. The largest absolute Gasteiger partial charge is 0.380 e. The van der Waals surface area contributed by atoms with Gasteiger partial charge in [0.1, 0.15) is 5.69 Å². The molecule has 27 heavy (non-hydrogen) atoms. The Balaban J connectivity index is 1.20. The van der Waals surface area contributed by atoms with E-state index in [-0.39, 0.29) is 29.9 Å². The summed E-state index contributed by atoms with van der Waals surface area (Å²) in [5.74, 6) is -0.108. The molecule has 6 nitrogen and oxygen atoms in total. The van der Waals surface area contributed by atoms with Crippen LogP contribution in [0.3, 0.4) is 0 Å². The van der Waals surface area contributed by atoms with E-state index in [4.69, 9.17) is 16.3 Å². The van der Waals surface area contributed by atoms with Crippen molar-refractivity contribution in [3.63, 3.8) is 0 Å². The maximum atomic E-state index is 13.0. The van der Waals surface area contributed by atoms with Gasteiger partial charge >= 0.3 is 0 Å². The summed E-state index contributed by atoms with van der Waals surface area (Å²) in [5, 5.41) is 3.10. The van der Waals surface area contributed by atoms with E-state index in [0.717, 1.165) is 53.5 Å². The molecule has 2 spiro atoms. The second-order valence-electron chi connectivity index (χ2n) is 8.72. The third kappa shape index (κ3) is 2.34. The number of thiophene rings is 1. The molecule has 1 N–H and O–H groups in total. The molecule has 2 aromatic heterocycles. The number of halogens is 1. The fourth-order valence-corrected chi connectivity index (χ4v) is 6.26. The van der Waals surface area contributed by atoms with Crippen molar-refractivity contribution in [1.82, 2.24) is 14.8 Å². The van der Waals surface area contributed by atoms with Crippen molar-refractivity contribution in [2.45, 2.75) is 37.3 Å². The van der Waals surface area contributed by atoms with Crippen LogP contribution in [0.15, 0.2) is 12.1 Å². The molecule has 4 aliphatic rings. The van der Waals surface area contributed by atoms with Gasteiger partial charge in [-0.15, -0.1) is 11.3 Å². The van der Waals surface area contributed by atoms with Crippen molar-refractivity contribution < 1.29 is 14.3 Å². The molecule has 2 aromatic rings. The van der Waals surface area contributed by atoms with Gasteiger partial charge in [-0.05, 0) is 37.8 Å². The summed E-state index contributed by atoms with van der Waals surface area (Å²) in [5.41, 5.74) is 2.01. The zero-order valence-electron chi connectivity index (χ0n) is 14.8. The Bertz CT molecular complexity index is 980. The van der Waals surface area contributed by atoms with Gasteiger partial charge in [-0.1, -0.05) is 11.6 Å². The highest BCUT2D eigenvalue weighted by molar-refractivity contribution is 7.22. The van der Waals surface area contributed by atoms with Crippen LogP contribution in [0.1, 0.15) is 36.2 Å². The van der Waals surface area contributed by atoms with Gasteiger partial charge in [0.25, 0.3) is 5.91 Å². The van der Waals surface area contributed by atoms with Gasteiger partial charge in [-0.2, -0.15) is 0 Å². The van der Waals surface area contributed by atoms with Crippen molar-refractivity contribution in [1.29, 1.82) is 0 Å². The molecule has 8 heteroatoms. The van der Waals surface area contributed by atoms with Gasteiger partial charge in [-0.25, -0.2) is 0 Å². The van der Waals surface area contributed by atoms with E-state index in [2.05, 4.69) is 9.88 Å². The fraction of sp³-hybridized carbons (Fsp3) is 0.579. The third-order valence-corrected chi connectivity index (χ3v) is 7.83. The van der Waals surface area contributed by atoms with E-state index < -0.39 is 0 Å². The molecule has 142 valence electrons. The van der Waals surface area contributed by atoms with Crippen LogP contribution in [0.5, 0.6) is 0 Å². The lowest BCUT2D eigenvalue weighted by molar-refractivity contribution is -0.169. The molecular formula is C19H20ClN3O3S. The van der Waals surface area contributed by atoms with Crippen LogP contribution in [0.2, 0.25) is 4.34 Å². The van der Waals surface area contributed by atoms with Crippen LogP contribution in [0.4, 0.5) is 0 Å². The smallest absolute Gasteiger partial charge is 0.271 e. The quantitative estimate of drug-likeness (QED) is 0.853. The standard InChI is InChI=1S/C19H20ClN3O3S/c20-15-4-12-14(27-15)3-13-17(25)22(8-19(1-2-19)23(12)13)7-16(24)21-11-5-18(6-11)9-26-10-18/h3-4,11H,1-2,5-10H2,(H,21,24). The fourth-order valence-electron chi connectivity index (χ4n) is 5.10. The molecule has 0 unspecified atom stereocenters. The SMILES string of the molecule is O=C(CN1CC2(CC2)n2c(cc3sc(Cl)cc32)C1=O)NC1CC2(COC2)C1. The highest BCUT2D eigenvalue weighted by Crippen LogP contribution is 2.51. The molecule has 6 rings (SSSR count). The summed E-state index contributed by atoms with van der Waals surface area (Å²) in [6, 6.07) is 4.12. The summed E-state index contributed by atoms with van der Waals surface area (Å²) in [7, 11) is 0. The lowest BCUT2D eigenvalue weighted by atomic mass is 9.64.